The number of nitrogens with zero attached hydrogens (tertiary/aromatic N) is 2. The molecule has 1 amide bonds. The summed E-state index contributed by atoms with van der Waals surface area (Å²) in [5.74, 6) is -0.135. The van der Waals surface area contributed by atoms with Crippen LogP contribution in [0.3, 0.4) is 0 Å². The van der Waals surface area contributed by atoms with Gasteiger partial charge in [-0.1, -0.05) is 33.8 Å². The van der Waals surface area contributed by atoms with Crippen molar-refractivity contribution in [2.75, 3.05) is 24.2 Å². The molecule has 0 radical (unpaired) electrons. The molecule has 2 N–H and O–H groups in total. The van der Waals surface area contributed by atoms with Crippen LogP contribution in [0.4, 0.5) is 5.69 Å². The first-order chi connectivity index (χ1) is 12.5. The number of hydrogen-bond acceptors (Lipinski definition) is 6. The second kappa shape index (κ2) is 8.88. The van der Waals surface area contributed by atoms with E-state index < -0.39 is 5.97 Å². The van der Waals surface area contributed by atoms with Crippen LogP contribution < -0.4 is 5.32 Å². The minimum absolute atomic E-state index is 0.0749. The fourth-order valence-electron chi connectivity index (χ4n) is 2.80. The van der Waals surface area contributed by atoms with E-state index >= 15 is 0 Å². The van der Waals surface area contributed by atoms with Gasteiger partial charge in [-0.05, 0) is 24.6 Å². The van der Waals surface area contributed by atoms with E-state index in [4.69, 9.17) is 5.11 Å². The van der Waals surface area contributed by atoms with Crippen molar-refractivity contribution in [1.82, 2.24) is 9.88 Å². The first-order valence-electron chi connectivity index (χ1n) is 8.13. The number of carbonyl (C=O) groups excluding carboxylic acids is 1. The summed E-state index contributed by atoms with van der Waals surface area (Å²) < 4.78 is 1.74. The standard InChI is InChI=1S/C17H18BrN3O3S2/c18-11-2-1-3-12(8-11)19-9-13-4-5-15(22)21(13)6-7-25-17-20-14(10-26-17)16(23)24/h1-3,8,10,13,19H,4-7,9H2,(H,23,24). The van der Waals surface area contributed by atoms with Gasteiger partial charge in [0.25, 0.3) is 0 Å². The summed E-state index contributed by atoms with van der Waals surface area (Å²) in [6.45, 7) is 1.35. The maximum Gasteiger partial charge on any atom is 0.355 e. The maximum absolute atomic E-state index is 12.2. The van der Waals surface area contributed by atoms with E-state index in [-0.39, 0.29) is 17.6 Å². The topological polar surface area (TPSA) is 82.5 Å². The van der Waals surface area contributed by atoms with E-state index in [1.165, 1.54) is 28.5 Å². The van der Waals surface area contributed by atoms with Crippen LogP contribution in [0.5, 0.6) is 0 Å². The van der Waals surface area contributed by atoms with Crippen LogP contribution >= 0.6 is 39.0 Å². The molecule has 1 aliphatic heterocycles. The fourth-order valence-corrected chi connectivity index (χ4v) is 5.01. The van der Waals surface area contributed by atoms with Crippen LogP contribution in [0, 0.1) is 0 Å². The number of thioether (sulfide) groups is 1. The molecule has 3 rings (SSSR count). The summed E-state index contributed by atoms with van der Waals surface area (Å²) >= 11 is 6.27. The zero-order valence-electron chi connectivity index (χ0n) is 13.9. The minimum Gasteiger partial charge on any atom is -0.476 e. The summed E-state index contributed by atoms with van der Waals surface area (Å²) in [5, 5.41) is 13.8. The zero-order valence-corrected chi connectivity index (χ0v) is 17.1. The second-order valence-electron chi connectivity index (χ2n) is 5.82. The Hall–Kier alpha value is -1.58. The number of amides is 1. The Morgan fingerprint density at radius 3 is 3.08 bits per heavy atom. The number of aromatic nitrogens is 1. The molecule has 0 aliphatic carbocycles. The molecule has 1 fully saturated rings. The summed E-state index contributed by atoms with van der Waals surface area (Å²) in [6, 6.07) is 8.14. The molecular formula is C17H18BrN3O3S2. The normalized spacial score (nSPS) is 16.9. The average molecular weight is 456 g/mol. The van der Waals surface area contributed by atoms with Crippen molar-refractivity contribution in [3.05, 3.63) is 39.8 Å². The highest BCUT2D eigenvalue weighted by molar-refractivity contribution is 9.10. The van der Waals surface area contributed by atoms with Crippen molar-refractivity contribution in [3.8, 4) is 0 Å². The Balaban J connectivity index is 1.50. The highest BCUT2D eigenvalue weighted by Crippen LogP contribution is 2.25. The highest BCUT2D eigenvalue weighted by atomic mass is 79.9. The van der Waals surface area contributed by atoms with Crippen molar-refractivity contribution in [2.24, 2.45) is 0 Å². The molecule has 1 aromatic carbocycles. The first kappa shape index (κ1) is 19.2. The number of carboxylic acids is 1. The highest BCUT2D eigenvalue weighted by Gasteiger charge is 2.30. The number of carbonyl (C=O) groups is 2. The number of halogens is 1. The van der Waals surface area contributed by atoms with E-state index in [2.05, 4.69) is 26.2 Å². The lowest BCUT2D eigenvalue weighted by atomic mass is 10.2. The van der Waals surface area contributed by atoms with E-state index in [0.717, 1.165) is 20.9 Å². The van der Waals surface area contributed by atoms with Crippen molar-refractivity contribution in [1.29, 1.82) is 0 Å². The molecule has 2 heterocycles. The molecule has 138 valence electrons. The number of thiazole rings is 1. The first-order valence-corrected chi connectivity index (χ1v) is 10.8. The quantitative estimate of drug-likeness (QED) is 0.589. The van der Waals surface area contributed by atoms with Crippen molar-refractivity contribution >= 4 is 56.6 Å². The van der Waals surface area contributed by atoms with E-state index in [1.807, 2.05) is 29.2 Å². The molecule has 0 bridgehead atoms. The van der Waals surface area contributed by atoms with E-state index in [0.29, 0.717) is 25.3 Å². The van der Waals surface area contributed by atoms with Gasteiger partial charge in [0.15, 0.2) is 10.0 Å². The van der Waals surface area contributed by atoms with Crippen LogP contribution in [0.15, 0.2) is 38.5 Å². The summed E-state index contributed by atoms with van der Waals surface area (Å²) in [7, 11) is 0. The van der Waals surface area contributed by atoms with Gasteiger partial charge in [-0.3, -0.25) is 4.79 Å². The van der Waals surface area contributed by atoms with Gasteiger partial charge in [-0.15, -0.1) is 11.3 Å². The molecule has 26 heavy (non-hydrogen) atoms. The Morgan fingerprint density at radius 2 is 2.35 bits per heavy atom. The van der Waals surface area contributed by atoms with Crippen LogP contribution in [0.1, 0.15) is 23.3 Å². The largest absolute Gasteiger partial charge is 0.476 e. The van der Waals surface area contributed by atoms with Crippen molar-refractivity contribution < 1.29 is 14.7 Å². The third-order valence-electron chi connectivity index (χ3n) is 4.08. The van der Waals surface area contributed by atoms with Gasteiger partial charge in [0, 0.05) is 46.8 Å². The van der Waals surface area contributed by atoms with Gasteiger partial charge < -0.3 is 15.3 Å². The van der Waals surface area contributed by atoms with Gasteiger partial charge in [0.2, 0.25) is 5.91 Å². The van der Waals surface area contributed by atoms with Crippen molar-refractivity contribution in [3.63, 3.8) is 0 Å². The number of benzene rings is 1. The van der Waals surface area contributed by atoms with Crippen LogP contribution in [0.2, 0.25) is 0 Å². The summed E-state index contributed by atoms with van der Waals surface area (Å²) in [6.07, 6.45) is 1.43. The Labute approximate surface area is 168 Å². The average Bonchev–Trinajstić information content (AvgIpc) is 3.21. The number of nitrogens with one attached hydrogen (secondary N) is 1. The van der Waals surface area contributed by atoms with Gasteiger partial charge in [0.1, 0.15) is 0 Å². The number of aromatic carboxylic acids is 1. The molecule has 2 aromatic rings. The van der Waals surface area contributed by atoms with Crippen molar-refractivity contribution in [2.45, 2.75) is 23.2 Å². The maximum atomic E-state index is 12.2. The fraction of sp³-hybridized carbons (Fsp3) is 0.353. The molecule has 1 unspecified atom stereocenters. The smallest absolute Gasteiger partial charge is 0.355 e. The second-order valence-corrected chi connectivity index (χ2v) is 8.94. The number of hydrogen-bond donors (Lipinski definition) is 2. The van der Waals surface area contributed by atoms with E-state index in [9.17, 15) is 9.59 Å². The van der Waals surface area contributed by atoms with Gasteiger partial charge in [-0.2, -0.15) is 0 Å². The third-order valence-corrected chi connectivity index (χ3v) is 6.57. The lowest BCUT2D eigenvalue weighted by Crippen LogP contribution is -2.39. The van der Waals surface area contributed by atoms with Gasteiger partial charge in [-0.25, -0.2) is 9.78 Å². The van der Waals surface area contributed by atoms with Crippen LogP contribution in [-0.4, -0.2) is 51.8 Å². The number of anilines is 1. The Morgan fingerprint density at radius 1 is 1.50 bits per heavy atom. The zero-order chi connectivity index (χ0) is 18.5. The minimum atomic E-state index is -1.01. The lowest BCUT2D eigenvalue weighted by molar-refractivity contribution is -0.128. The summed E-state index contributed by atoms with van der Waals surface area (Å²) in [5.41, 5.74) is 1.10. The summed E-state index contributed by atoms with van der Waals surface area (Å²) in [4.78, 5) is 29.0. The number of carboxylic acid groups (broad SMARTS) is 1. The number of rotatable bonds is 8. The van der Waals surface area contributed by atoms with Crippen LogP contribution in [-0.2, 0) is 4.79 Å². The molecule has 1 atom stereocenters. The predicted octanol–water partition coefficient (Wildman–Crippen LogP) is 3.80. The molecule has 1 aliphatic rings. The van der Waals surface area contributed by atoms with Gasteiger partial charge in [0.05, 0.1) is 0 Å². The third kappa shape index (κ3) is 4.99. The van der Waals surface area contributed by atoms with Gasteiger partial charge >= 0.3 is 5.97 Å². The molecule has 0 saturated carbocycles. The molecule has 6 nitrogen and oxygen atoms in total. The Kier molecular flexibility index (Phi) is 6.55. The SMILES string of the molecule is O=C(O)c1csc(SCCN2C(=O)CCC2CNc2cccc(Br)c2)n1. The molecule has 9 heteroatoms. The Bertz CT molecular complexity index is 799. The predicted molar refractivity (Wildman–Crippen MR) is 107 cm³/mol. The molecule has 0 spiro atoms. The molecular weight excluding hydrogens is 438 g/mol. The van der Waals surface area contributed by atoms with E-state index in [1.54, 1.807) is 0 Å². The number of likely N-dealkylation sites (tertiary alicyclic amines) is 1. The monoisotopic (exact) mass is 455 g/mol. The van der Waals surface area contributed by atoms with Crippen LogP contribution in [0.25, 0.3) is 0 Å². The molecule has 1 saturated heterocycles. The molecule has 1 aromatic heterocycles. The lowest BCUT2D eigenvalue weighted by Gasteiger charge is -2.25.